The molecule has 2 aromatic rings. The minimum absolute atomic E-state index is 0.299. The van der Waals surface area contributed by atoms with Crippen LogP contribution in [0.1, 0.15) is 39.4 Å². The highest BCUT2D eigenvalue weighted by atomic mass is 15.3. The molecular weight excluding hydrogens is 246 g/mol. The van der Waals surface area contributed by atoms with E-state index in [-0.39, 0.29) is 0 Å². The number of benzene rings is 1. The SMILES string of the molecule is Cc1cn(C2C(C)(C)C2(C)C)c(Nc2ccccc2)n1. The number of rotatable bonds is 3. The highest BCUT2D eigenvalue weighted by Crippen LogP contribution is 2.71. The predicted molar refractivity (Wildman–Crippen MR) is 83.3 cm³/mol. The first-order valence-corrected chi connectivity index (χ1v) is 7.21. The van der Waals surface area contributed by atoms with Crippen LogP contribution in [0.3, 0.4) is 0 Å². The lowest BCUT2D eigenvalue weighted by molar-refractivity contribution is 0.457. The Bertz CT molecular complexity index is 609. The van der Waals surface area contributed by atoms with Crippen LogP contribution in [0.4, 0.5) is 11.6 Å². The van der Waals surface area contributed by atoms with Crippen molar-refractivity contribution in [1.29, 1.82) is 0 Å². The summed E-state index contributed by atoms with van der Waals surface area (Å²) < 4.78 is 2.31. The van der Waals surface area contributed by atoms with Crippen LogP contribution in [-0.4, -0.2) is 9.55 Å². The third kappa shape index (κ3) is 1.84. The lowest BCUT2D eigenvalue weighted by atomic mass is 10.0. The van der Waals surface area contributed by atoms with E-state index in [1.54, 1.807) is 0 Å². The summed E-state index contributed by atoms with van der Waals surface area (Å²) in [5.41, 5.74) is 2.73. The van der Waals surface area contributed by atoms with Crippen molar-refractivity contribution < 1.29 is 0 Å². The molecule has 1 aromatic heterocycles. The minimum atomic E-state index is 0.299. The lowest BCUT2D eigenvalue weighted by Gasteiger charge is -2.11. The van der Waals surface area contributed by atoms with E-state index >= 15 is 0 Å². The van der Waals surface area contributed by atoms with Crippen LogP contribution in [0.2, 0.25) is 0 Å². The Morgan fingerprint density at radius 1 is 1.05 bits per heavy atom. The third-order valence-electron chi connectivity index (χ3n) is 5.11. The fourth-order valence-corrected chi connectivity index (χ4v) is 3.31. The van der Waals surface area contributed by atoms with Crippen LogP contribution < -0.4 is 5.32 Å². The summed E-state index contributed by atoms with van der Waals surface area (Å²) in [7, 11) is 0. The molecule has 0 unspecified atom stereocenters. The van der Waals surface area contributed by atoms with E-state index in [1.807, 2.05) is 18.2 Å². The van der Waals surface area contributed by atoms with E-state index in [4.69, 9.17) is 0 Å². The van der Waals surface area contributed by atoms with Gasteiger partial charge in [0.15, 0.2) is 0 Å². The van der Waals surface area contributed by atoms with Gasteiger partial charge in [-0.25, -0.2) is 4.98 Å². The Morgan fingerprint density at radius 3 is 2.20 bits per heavy atom. The number of nitrogens with one attached hydrogen (secondary N) is 1. The second-order valence-corrected chi connectivity index (χ2v) is 6.95. The van der Waals surface area contributed by atoms with E-state index in [2.05, 4.69) is 67.8 Å². The predicted octanol–water partition coefficient (Wildman–Crippen LogP) is 4.54. The number of hydrogen-bond donors (Lipinski definition) is 1. The molecule has 106 valence electrons. The molecule has 0 atom stereocenters. The first kappa shape index (κ1) is 13.2. The molecule has 1 aliphatic rings. The average molecular weight is 269 g/mol. The Kier molecular flexibility index (Phi) is 2.72. The van der Waals surface area contributed by atoms with Crippen LogP contribution in [0.15, 0.2) is 36.5 Å². The topological polar surface area (TPSA) is 29.9 Å². The monoisotopic (exact) mass is 269 g/mol. The molecule has 1 heterocycles. The first-order valence-electron chi connectivity index (χ1n) is 7.21. The second-order valence-electron chi connectivity index (χ2n) is 6.95. The summed E-state index contributed by atoms with van der Waals surface area (Å²) in [4.78, 5) is 4.65. The molecule has 0 amide bonds. The molecule has 0 saturated heterocycles. The van der Waals surface area contributed by atoms with Gasteiger partial charge in [0.2, 0.25) is 5.95 Å². The van der Waals surface area contributed by atoms with Gasteiger partial charge in [0.05, 0.1) is 5.69 Å². The fraction of sp³-hybridized carbons (Fsp3) is 0.471. The number of hydrogen-bond acceptors (Lipinski definition) is 2. The van der Waals surface area contributed by atoms with Gasteiger partial charge in [-0.2, -0.15) is 0 Å². The standard InChI is InChI=1S/C17H23N3/c1-12-11-20(14-16(2,3)17(14,4)5)15(18-12)19-13-9-7-6-8-10-13/h6-11,14H,1-5H3,(H,18,19). The van der Waals surface area contributed by atoms with Gasteiger partial charge in [-0.1, -0.05) is 45.9 Å². The largest absolute Gasteiger partial charge is 0.326 e. The van der Waals surface area contributed by atoms with Crippen molar-refractivity contribution in [2.24, 2.45) is 10.8 Å². The Balaban J connectivity index is 1.94. The Hall–Kier alpha value is -1.77. The van der Waals surface area contributed by atoms with Gasteiger partial charge in [0.25, 0.3) is 0 Å². The highest BCUT2D eigenvalue weighted by Gasteiger charge is 2.66. The van der Waals surface area contributed by atoms with E-state index in [9.17, 15) is 0 Å². The summed E-state index contributed by atoms with van der Waals surface area (Å²) in [5, 5.41) is 3.44. The Morgan fingerprint density at radius 2 is 1.65 bits per heavy atom. The smallest absolute Gasteiger partial charge is 0.207 e. The van der Waals surface area contributed by atoms with Gasteiger partial charge in [0.1, 0.15) is 0 Å². The molecule has 3 rings (SSSR count). The number of para-hydroxylation sites is 1. The molecule has 1 saturated carbocycles. The summed E-state index contributed by atoms with van der Waals surface area (Å²) in [6, 6.07) is 10.7. The molecule has 0 bridgehead atoms. The molecular formula is C17H23N3. The molecule has 0 spiro atoms. The van der Waals surface area contributed by atoms with Crippen LogP contribution >= 0.6 is 0 Å². The number of anilines is 2. The normalized spacial score (nSPS) is 19.9. The number of aromatic nitrogens is 2. The van der Waals surface area contributed by atoms with Crippen LogP contribution in [0.25, 0.3) is 0 Å². The lowest BCUT2D eigenvalue weighted by Crippen LogP contribution is -2.05. The zero-order valence-electron chi connectivity index (χ0n) is 12.9. The molecule has 3 nitrogen and oxygen atoms in total. The molecule has 3 heteroatoms. The van der Waals surface area contributed by atoms with Crippen molar-refractivity contribution in [3.05, 3.63) is 42.2 Å². The molecule has 1 N–H and O–H groups in total. The van der Waals surface area contributed by atoms with Crippen molar-refractivity contribution in [3.63, 3.8) is 0 Å². The summed E-state index contributed by atoms with van der Waals surface area (Å²) in [6.07, 6.45) is 2.16. The van der Waals surface area contributed by atoms with E-state index in [1.165, 1.54) is 0 Å². The summed E-state index contributed by atoms with van der Waals surface area (Å²) in [5.74, 6) is 0.942. The highest BCUT2D eigenvalue weighted by molar-refractivity contribution is 5.54. The minimum Gasteiger partial charge on any atom is -0.326 e. The maximum absolute atomic E-state index is 4.65. The zero-order valence-corrected chi connectivity index (χ0v) is 12.9. The molecule has 20 heavy (non-hydrogen) atoms. The van der Waals surface area contributed by atoms with E-state index in [0.29, 0.717) is 16.9 Å². The average Bonchev–Trinajstić information content (AvgIpc) is 2.64. The molecule has 0 aliphatic heterocycles. The second kappa shape index (κ2) is 4.11. The van der Waals surface area contributed by atoms with Crippen molar-refractivity contribution >= 4 is 11.6 Å². The van der Waals surface area contributed by atoms with Gasteiger partial charge >= 0.3 is 0 Å². The van der Waals surface area contributed by atoms with Gasteiger partial charge < -0.3 is 9.88 Å². The van der Waals surface area contributed by atoms with Crippen molar-refractivity contribution in [2.75, 3.05) is 5.32 Å². The third-order valence-corrected chi connectivity index (χ3v) is 5.11. The van der Waals surface area contributed by atoms with Gasteiger partial charge in [-0.15, -0.1) is 0 Å². The van der Waals surface area contributed by atoms with Crippen molar-refractivity contribution in [3.8, 4) is 0 Å². The molecule has 1 aliphatic carbocycles. The van der Waals surface area contributed by atoms with Crippen LogP contribution in [0.5, 0.6) is 0 Å². The maximum atomic E-state index is 4.65. The number of aryl methyl sites for hydroxylation is 1. The molecule has 1 aromatic carbocycles. The molecule has 0 radical (unpaired) electrons. The van der Waals surface area contributed by atoms with E-state index < -0.39 is 0 Å². The zero-order chi connectivity index (χ0) is 14.5. The number of nitrogens with zero attached hydrogens (tertiary/aromatic N) is 2. The quantitative estimate of drug-likeness (QED) is 0.886. The van der Waals surface area contributed by atoms with Gasteiger partial charge in [-0.05, 0) is 29.9 Å². The van der Waals surface area contributed by atoms with E-state index in [0.717, 1.165) is 17.3 Å². The first-order chi connectivity index (χ1) is 9.34. The molecule has 1 fully saturated rings. The summed E-state index contributed by atoms with van der Waals surface area (Å²) >= 11 is 0. The van der Waals surface area contributed by atoms with Crippen molar-refractivity contribution in [1.82, 2.24) is 9.55 Å². The number of imidazole rings is 1. The Labute approximate surface area is 121 Å². The van der Waals surface area contributed by atoms with Crippen molar-refractivity contribution in [2.45, 2.75) is 40.7 Å². The summed E-state index contributed by atoms with van der Waals surface area (Å²) in [6.45, 7) is 11.4. The van der Waals surface area contributed by atoms with Gasteiger partial charge in [-0.3, -0.25) is 0 Å². The fourth-order valence-electron chi connectivity index (χ4n) is 3.31. The van der Waals surface area contributed by atoms with Gasteiger partial charge in [0, 0.05) is 17.9 Å². The van der Waals surface area contributed by atoms with Crippen LogP contribution in [0, 0.1) is 17.8 Å². The maximum Gasteiger partial charge on any atom is 0.207 e. The van der Waals surface area contributed by atoms with Crippen LogP contribution in [-0.2, 0) is 0 Å².